The predicted octanol–water partition coefficient (Wildman–Crippen LogP) is 2.37. The molecule has 0 saturated carbocycles. The number of nitrogens with one attached hydrogen (secondary N) is 2. The van der Waals surface area contributed by atoms with Gasteiger partial charge in [-0.05, 0) is 26.7 Å². The number of amides is 2. The lowest BCUT2D eigenvalue weighted by atomic mass is 10.4. The highest BCUT2D eigenvalue weighted by Crippen LogP contribution is 2.14. The van der Waals surface area contributed by atoms with Crippen molar-refractivity contribution in [3.05, 3.63) is 11.8 Å². The first-order valence-electron chi connectivity index (χ1n) is 8.23. The number of aryl methyl sites for hydroxylation is 1. The fourth-order valence-corrected chi connectivity index (χ4v) is 2.44. The molecule has 8 heteroatoms. The minimum atomic E-state index is -0.356. The molecular formula is C16H27N3O4S. The van der Waals surface area contributed by atoms with Crippen molar-refractivity contribution in [1.82, 2.24) is 10.5 Å². The van der Waals surface area contributed by atoms with Crippen molar-refractivity contribution in [2.24, 2.45) is 0 Å². The summed E-state index contributed by atoms with van der Waals surface area (Å²) >= 11 is 1.28. The van der Waals surface area contributed by atoms with Crippen molar-refractivity contribution in [3.63, 3.8) is 0 Å². The third kappa shape index (κ3) is 8.93. The number of nitrogens with zero attached hydrogens (tertiary/aromatic N) is 1. The molecule has 24 heavy (non-hydrogen) atoms. The van der Waals surface area contributed by atoms with Crippen LogP contribution in [0.4, 0.5) is 5.82 Å². The molecule has 2 amide bonds. The number of rotatable bonds is 12. The Morgan fingerprint density at radius 2 is 2.12 bits per heavy atom. The first-order valence-corrected chi connectivity index (χ1v) is 9.28. The van der Waals surface area contributed by atoms with Crippen LogP contribution in [0.15, 0.2) is 10.6 Å². The Morgan fingerprint density at radius 1 is 1.38 bits per heavy atom. The highest BCUT2D eigenvalue weighted by atomic mass is 32.2. The number of hydrogen-bond donors (Lipinski definition) is 2. The monoisotopic (exact) mass is 357 g/mol. The van der Waals surface area contributed by atoms with Gasteiger partial charge in [-0.15, -0.1) is 11.8 Å². The maximum Gasteiger partial charge on any atom is 0.238 e. The van der Waals surface area contributed by atoms with E-state index < -0.39 is 0 Å². The van der Waals surface area contributed by atoms with Gasteiger partial charge in [0, 0.05) is 25.8 Å². The second-order valence-electron chi connectivity index (χ2n) is 5.43. The molecule has 1 unspecified atom stereocenters. The summed E-state index contributed by atoms with van der Waals surface area (Å²) in [6, 6.07) is 1.64. The standard InChI is InChI=1S/C16H27N3O4S/c1-4-5-8-22-9-6-7-17-15(20)11-24-13(3)16(21)18-14-10-12(2)23-19-14/h10,13H,4-9,11H2,1-3H3,(H,17,20)(H,18,19,21). The van der Waals surface area contributed by atoms with Gasteiger partial charge in [-0.25, -0.2) is 0 Å². The van der Waals surface area contributed by atoms with Crippen molar-refractivity contribution in [2.45, 2.75) is 45.3 Å². The van der Waals surface area contributed by atoms with Gasteiger partial charge in [-0.2, -0.15) is 0 Å². The van der Waals surface area contributed by atoms with Gasteiger partial charge in [0.25, 0.3) is 0 Å². The quantitative estimate of drug-likeness (QED) is 0.558. The third-order valence-electron chi connectivity index (χ3n) is 3.14. The summed E-state index contributed by atoms with van der Waals surface area (Å²) in [7, 11) is 0. The summed E-state index contributed by atoms with van der Waals surface area (Å²) in [5.74, 6) is 0.973. The molecule has 7 nitrogen and oxygen atoms in total. The Bertz CT molecular complexity index is 507. The average Bonchev–Trinajstić information content (AvgIpc) is 2.96. The van der Waals surface area contributed by atoms with E-state index in [4.69, 9.17) is 9.26 Å². The molecule has 1 aromatic heterocycles. The summed E-state index contributed by atoms with van der Waals surface area (Å²) in [5, 5.41) is 8.82. The van der Waals surface area contributed by atoms with Gasteiger partial charge >= 0.3 is 0 Å². The van der Waals surface area contributed by atoms with Crippen molar-refractivity contribution >= 4 is 29.4 Å². The molecule has 0 radical (unpaired) electrons. The van der Waals surface area contributed by atoms with Crippen LogP contribution in [0.25, 0.3) is 0 Å². The normalized spacial score (nSPS) is 12.0. The van der Waals surface area contributed by atoms with E-state index in [0.717, 1.165) is 25.9 Å². The first kappa shape index (κ1) is 20.5. The van der Waals surface area contributed by atoms with Crippen molar-refractivity contribution in [3.8, 4) is 0 Å². The van der Waals surface area contributed by atoms with Crippen LogP contribution in [0, 0.1) is 6.92 Å². The molecule has 136 valence electrons. The molecule has 0 aromatic carbocycles. The summed E-state index contributed by atoms with van der Waals surface area (Å²) in [5.41, 5.74) is 0. The van der Waals surface area contributed by atoms with Crippen LogP contribution in [0.2, 0.25) is 0 Å². The predicted molar refractivity (Wildman–Crippen MR) is 95.1 cm³/mol. The Balaban J connectivity index is 2.09. The lowest BCUT2D eigenvalue weighted by Gasteiger charge is -2.10. The lowest BCUT2D eigenvalue weighted by Crippen LogP contribution is -2.29. The molecule has 1 heterocycles. The molecule has 0 bridgehead atoms. The maximum absolute atomic E-state index is 12.0. The third-order valence-corrected chi connectivity index (χ3v) is 4.29. The van der Waals surface area contributed by atoms with Crippen molar-refractivity contribution < 1.29 is 18.8 Å². The van der Waals surface area contributed by atoms with E-state index in [2.05, 4.69) is 22.7 Å². The Kier molecular flexibility index (Phi) is 10.2. The molecule has 1 aromatic rings. The van der Waals surface area contributed by atoms with E-state index in [1.165, 1.54) is 11.8 Å². The van der Waals surface area contributed by atoms with Gasteiger partial charge in [0.05, 0.1) is 11.0 Å². The van der Waals surface area contributed by atoms with Gasteiger partial charge in [-0.1, -0.05) is 18.5 Å². The molecule has 1 rings (SSSR count). The highest BCUT2D eigenvalue weighted by molar-refractivity contribution is 8.01. The van der Waals surface area contributed by atoms with E-state index in [0.29, 0.717) is 24.7 Å². The molecular weight excluding hydrogens is 330 g/mol. The van der Waals surface area contributed by atoms with E-state index in [1.54, 1.807) is 19.9 Å². The summed E-state index contributed by atoms with van der Waals surface area (Å²) in [4.78, 5) is 23.7. The van der Waals surface area contributed by atoms with Crippen LogP contribution in [-0.2, 0) is 14.3 Å². The second-order valence-corrected chi connectivity index (χ2v) is 6.76. The Labute approximate surface area is 147 Å². The SMILES string of the molecule is CCCCOCCCNC(=O)CSC(C)C(=O)Nc1cc(C)on1. The highest BCUT2D eigenvalue weighted by Gasteiger charge is 2.16. The first-order chi connectivity index (χ1) is 11.5. The minimum Gasteiger partial charge on any atom is -0.381 e. The van der Waals surface area contributed by atoms with Gasteiger partial charge in [0.1, 0.15) is 5.76 Å². The zero-order valence-electron chi connectivity index (χ0n) is 14.6. The van der Waals surface area contributed by atoms with E-state index in [-0.39, 0.29) is 22.8 Å². The van der Waals surface area contributed by atoms with Crippen LogP contribution in [0.1, 0.15) is 38.9 Å². The molecule has 0 fully saturated rings. The second kappa shape index (κ2) is 11.9. The van der Waals surface area contributed by atoms with Crippen LogP contribution in [0.3, 0.4) is 0 Å². The minimum absolute atomic E-state index is 0.0783. The summed E-state index contributed by atoms with van der Waals surface area (Å²) in [6.07, 6.45) is 2.98. The van der Waals surface area contributed by atoms with E-state index >= 15 is 0 Å². The van der Waals surface area contributed by atoms with Crippen molar-refractivity contribution in [1.29, 1.82) is 0 Å². The molecule has 2 N–H and O–H groups in total. The van der Waals surface area contributed by atoms with Gasteiger partial charge in [0.15, 0.2) is 5.82 Å². The number of unbranched alkanes of at least 4 members (excludes halogenated alkanes) is 1. The number of carbonyl (C=O) groups is 2. The molecule has 0 aliphatic heterocycles. The number of anilines is 1. The number of aromatic nitrogens is 1. The summed E-state index contributed by atoms with van der Waals surface area (Å²) < 4.78 is 10.3. The van der Waals surface area contributed by atoms with Gasteiger partial charge < -0.3 is 19.9 Å². The zero-order chi connectivity index (χ0) is 17.8. The van der Waals surface area contributed by atoms with Gasteiger partial charge in [0.2, 0.25) is 11.8 Å². The molecule has 0 aliphatic carbocycles. The molecule has 0 spiro atoms. The fourth-order valence-electron chi connectivity index (χ4n) is 1.73. The maximum atomic E-state index is 12.0. The number of hydrogen-bond acceptors (Lipinski definition) is 6. The van der Waals surface area contributed by atoms with Gasteiger partial charge in [-0.3, -0.25) is 9.59 Å². The molecule has 0 saturated heterocycles. The fraction of sp³-hybridized carbons (Fsp3) is 0.688. The molecule has 0 aliphatic rings. The smallest absolute Gasteiger partial charge is 0.238 e. The average molecular weight is 357 g/mol. The Morgan fingerprint density at radius 3 is 2.79 bits per heavy atom. The number of ether oxygens (including phenoxy) is 1. The van der Waals surface area contributed by atoms with E-state index in [9.17, 15) is 9.59 Å². The summed E-state index contributed by atoms with van der Waals surface area (Å²) in [6.45, 7) is 7.64. The zero-order valence-corrected chi connectivity index (χ0v) is 15.4. The Hall–Kier alpha value is -1.54. The van der Waals surface area contributed by atoms with Crippen molar-refractivity contribution in [2.75, 3.05) is 30.8 Å². The van der Waals surface area contributed by atoms with Crippen LogP contribution in [-0.4, -0.2) is 47.7 Å². The van der Waals surface area contributed by atoms with Crippen LogP contribution >= 0.6 is 11.8 Å². The number of thioether (sulfide) groups is 1. The number of carbonyl (C=O) groups excluding carboxylic acids is 2. The lowest BCUT2D eigenvalue weighted by molar-refractivity contribution is -0.118. The molecule has 1 atom stereocenters. The van der Waals surface area contributed by atoms with Crippen LogP contribution in [0.5, 0.6) is 0 Å². The largest absolute Gasteiger partial charge is 0.381 e. The van der Waals surface area contributed by atoms with Crippen LogP contribution < -0.4 is 10.6 Å². The topological polar surface area (TPSA) is 93.5 Å². The van der Waals surface area contributed by atoms with E-state index in [1.807, 2.05) is 0 Å².